The summed E-state index contributed by atoms with van der Waals surface area (Å²) in [7, 11) is 0. The van der Waals surface area contributed by atoms with E-state index in [-0.39, 0.29) is 29.7 Å². The Kier molecular flexibility index (Phi) is 9.40. The Morgan fingerprint density at radius 3 is 2.15 bits per heavy atom. The molecule has 2 aliphatic rings. The molecule has 0 radical (unpaired) electrons. The molecular weight excluding hydrogens is 615 g/mol. The second-order valence-electron chi connectivity index (χ2n) is 12.5. The first-order chi connectivity index (χ1) is 23.1. The number of likely N-dealkylation sites (tertiary alicyclic amines) is 1. The molecule has 9 heteroatoms. The van der Waals surface area contributed by atoms with Crippen LogP contribution in [0.2, 0.25) is 0 Å². The largest absolute Gasteiger partial charge is 0.416 e. The van der Waals surface area contributed by atoms with Crippen molar-refractivity contribution < 1.29 is 27.6 Å². The number of rotatable bonds is 7. The fourth-order valence-electron chi connectivity index (χ4n) is 7.30. The molecule has 0 spiro atoms. The summed E-state index contributed by atoms with van der Waals surface area (Å²) in [6.45, 7) is 3.36. The lowest BCUT2D eigenvalue weighted by molar-refractivity contribution is -0.137. The standard InChI is InChI=1S/C39H38F3N3O3/c1-2-43-37(48)38(27-10-4-3-5-11-27)23-20-33(31-13-8-9-15-34(31)38)36(47)45-24-21-29(22-25-45)44-35(46)32-14-7-6-12-30(32)26-16-18-28(19-17-26)39(40,41)42/h3-19,29,33H,2,20-25H2,1H3,(H,43,48)(H,44,46)/t33-,38+/m1/s1. The molecule has 1 saturated heterocycles. The number of alkyl halides is 3. The van der Waals surface area contributed by atoms with Crippen molar-refractivity contribution in [3.05, 3.63) is 131 Å². The van der Waals surface area contributed by atoms with Gasteiger partial charge in [-0.05, 0) is 78.6 Å². The number of carbonyl (C=O) groups is 3. The monoisotopic (exact) mass is 653 g/mol. The fraction of sp³-hybridized carbons (Fsp3) is 0.308. The minimum Gasteiger partial charge on any atom is -0.355 e. The number of fused-ring (bicyclic) bond motifs is 1. The van der Waals surface area contributed by atoms with Crippen LogP contribution in [0.15, 0.2) is 103 Å². The van der Waals surface area contributed by atoms with Crippen LogP contribution in [-0.4, -0.2) is 48.3 Å². The number of piperidine rings is 1. The number of carbonyl (C=O) groups excluding carboxylic acids is 3. The van der Waals surface area contributed by atoms with Crippen LogP contribution in [0.1, 0.15) is 71.1 Å². The second kappa shape index (κ2) is 13.7. The maximum absolute atomic E-state index is 14.1. The molecule has 0 saturated carbocycles. The van der Waals surface area contributed by atoms with Gasteiger partial charge in [0, 0.05) is 31.2 Å². The van der Waals surface area contributed by atoms with Crippen molar-refractivity contribution >= 4 is 17.7 Å². The molecule has 0 aromatic heterocycles. The fourth-order valence-corrected chi connectivity index (χ4v) is 7.30. The molecular formula is C39H38F3N3O3. The van der Waals surface area contributed by atoms with Crippen molar-refractivity contribution in [3.8, 4) is 11.1 Å². The molecule has 0 unspecified atom stereocenters. The van der Waals surface area contributed by atoms with Crippen LogP contribution in [-0.2, 0) is 21.2 Å². The van der Waals surface area contributed by atoms with Gasteiger partial charge in [0.05, 0.1) is 16.9 Å². The Bertz CT molecular complexity index is 1780. The van der Waals surface area contributed by atoms with Crippen LogP contribution < -0.4 is 10.6 Å². The second-order valence-corrected chi connectivity index (χ2v) is 12.5. The van der Waals surface area contributed by atoms with Gasteiger partial charge in [-0.3, -0.25) is 14.4 Å². The third-order valence-electron chi connectivity index (χ3n) is 9.73. The van der Waals surface area contributed by atoms with Crippen LogP contribution in [0.4, 0.5) is 13.2 Å². The van der Waals surface area contributed by atoms with E-state index in [1.54, 1.807) is 24.3 Å². The van der Waals surface area contributed by atoms with Gasteiger partial charge in [0.1, 0.15) is 0 Å². The van der Waals surface area contributed by atoms with Gasteiger partial charge in [-0.25, -0.2) is 0 Å². The molecule has 4 aromatic rings. The molecule has 1 aliphatic carbocycles. The summed E-state index contributed by atoms with van der Waals surface area (Å²) in [5.41, 5.74) is 2.45. The van der Waals surface area contributed by atoms with Crippen molar-refractivity contribution in [1.29, 1.82) is 0 Å². The summed E-state index contributed by atoms with van der Waals surface area (Å²) in [6, 6.07) is 29.0. The maximum Gasteiger partial charge on any atom is 0.416 e. The maximum atomic E-state index is 14.1. The van der Waals surface area contributed by atoms with Crippen LogP contribution in [0.25, 0.3) is 11.1 Å². The average Bonchev–Trinajstić information content (AvgIpc) is 3.11. The topological polar surface area (TPSA) is 78.5 Å². The Balaban J connectivity index is 1.15. The van der Waals surface area contributed by atoms with Gasteiger partial charge in [0.15, 0.2) is 0 Å². The number of halogens is 3. The van der Waals surface area contributed by atoms with Gasteiger partial charge < -0.3 is 15.5 Å². The van der Waals surface area contributed by atoms with Crippen LogP contribution >= 0.6 is 0 Å². The van der Waals surface area contributed by atoms with Crippen LogP contribution in [0.3, 0.4) is 0 Å². The molecule has 2 atom stereocenters. The minimum atomic E-state index is -4.44. The van der Waals surface area contributed by atoms with E-state index in [1.807, 2.05) is 66.4 Å². The molecule has 6 nitrogen and oxygen atoms in total. The predicted molar refractivity (Wildman–Crippen MR) is 178 cm³/mol. The Hall–Kier alpha value is -4.92. The summed E-state index contributed by atoms with van der Waals surface area (Å²) in [5.74, 6) is -0.725. The number of nitrogens with zero attached hydrogens (tertiary/aromatic N) is 1. The van der Waals surface area contributed by atoms with E-state index in [9.17, 15) is 27.6 Å². The molecule has 2 N–H and O–H groups in total. The molecule has 6 rings (SSSR count). The molecule has 1 fully saturated rings. The summed E-state index contributed by atoms with van der Waals surface area (Å²) in [4.78, 5) is 43.1. The highest BCUT2D eigenvalue weighted by Gasteiger charge is 2.48. The summed E-state index contributed by atoms with van der Waals surface area (Å²) >= 11 is 0. The quantitative estimate of drug-likeness (QED) is 0.224. The van der Waals surface area contributed by atoms with Gasteiger partial charge in [0.25, 0.3) is 5.91 Å². The van der Waals surface area contributed by atoms with E-state index < -0.39 is 17.2 Å². The molecule has 4 aromatic carbocycles. The van der Waals surface area contributed by atoms with E-state index in [2.05, 4.69) is 10.6 Å². The van der Waals surface area contributed by atoms with E-state index in [1.165, 1.54) is 12.1 Å². The summed E-state index contributed by atoms with van der Waals surface area (Å²) in [5, 5.41) is 6.13. The highest BCUT2D eigenvalue weighted by atomic mass is 19.4. The van der Waals surface area contributed by atoms with Gasteiger partial charge in [-0.2, -0.15) is 13.2 Å². The Labute approximate surface area is 278 Å². The van der Waals surface area contributed by atoms with E-state index in [4.69, 9.17) is 0 Å². The normalized spacial score (nSPS) is 19.7. The van der Waals surface area contributed by atoms with Gasteiger partial charge >= 0.3 is 6.18 Å². The average molecular weight is 654 g/mol. The van der Waals surface area contributed by atoms with Crippen molar-refractivity contribution in [2.75, 3.05) is 19.6 Å². The molecule has 0 bridgehead atoms. The predicted octanol–water partition coefficient (Wildman–Crippen LogP) is 7.09. The highest BCUT2D eigenvalue weighted by molar-refractivity contribution is 6.01. The molecule has 1 aliphatic heterocycles. The summed E-state index contributed by atoms with van der Waals surface area (Å²) < 4.78 is 39.3. The highest BCUT2D eigenvalue weighted by Crippen LogP contribution is 2.48. The SMILES string of the molecule is CCNC(=O)[C@]1(c2ccccc2)CC[C@@H](C(=O)N2CCC(NC(=O)c3ccccc3-c3ccc(C(F)(F)F)cc3)CC2)c2ccccc21. The molecule has 1 heterocycles. The first kappa shape index (κ1) is 33.0. The molecule has 3 amide bonds. The number of hydrogen-bond acceptors (Lipinski definition) is 3. The first-order valence-electron chi connectivity index (χ1n) is 16.4. The number of likely N-dealkylation sites (N-methyl/N-ethyl adjacent to an activating group) is 1. The van der Waals surface area contributed by atoms with Crippen molar-refractivity contribution in [2.45, 2.75) is 56.2 Å². The van der Waals surface area contributed by atoms with E-state index >= 15 is 0 Å². The zero-order valence-electron chi connectivity index (χ0n) is 26.7. The van der Waals surface area contributed by atoms with Crippen molar-refractivity contribution in [3.63, 3.8) is 0 Å². The Morgan fingerprint density at radius 1 is 0.812 bits per heavy atom. The molecule has 248 valence electrons. The third kappa shape index (κ3) is 6.33. The van der Waals surface area contributed by atoms with Crippen LogP contribution in [0, 0.1) is 0 Å². The Morgan fingerprint density at radius 2 is 1.46 bits per heavy atom. The van der Waals surface area contributed by atoms with E-state index in [0.29, 0.717) is 62.0 Å². The number of amides is 3. The van der Waals surface area contributed by atoms with E-state index in [0.717, 1.165) is 28.8 Å². The van der Waals surface area contributed by atoms with Crippen LogP contribution in [0.5, 0.6) is 0 Å². The number of hydrogen-bond donors (Lipinski definition) is 2. The first-order valence-corrected chi connectivity index (χ1v) is 16.4. The molecule has 48 heavy (non-hydrogen) atoms. The smallest absolute Gasteiger partial charge is 0.355 e. The third-order valence-corrected chi connectivity index (χ3v) is 9.73. The lowest BCUT2D eigenvalue weighted by atomic mass is 9.62. The lowest BCUT2D eigenvalue weighted by Crippen LogP contribution is -2.51. The van der Waals surface area contributed by atoms with Gasteiger partial charge in [-0.1, -0.05) is 84.9 Å². The minimum absolute atomic E-state index is 0.0254. The zero-order chi connectivity index (χ0) is 33.9. The van der Waals surface area contributed by atoms with Crippen molar-refractivity contribution in [2.24, 2.45) is 0 Å². The number of nitrogens with one attached hydrogen (secondary N) is 2. The zero-order valence-corrected chi connectivity index (χ0v) is 26.7. The summed E-state index contributed by atoms with van der Waals surface area (Å²) in [6.07, 6.45) is -2.27. The van der Waals surface area contributed by atoms with Gasteiger partial charge in [-0.15, -0.1) is 0 Å². The number of benzene rings is 4. The van der Waals surface area contributed by atoms with Gasteiger partial charge in [0.2, 0.25) is 11.8 Å². The van der Waals surface area contributed by atoms with Crippen molar-refractivity contribution in [1.82, 2.24) is 15.5 Å². The lowest BCUT2D eigenvalue weighted by Gasteiger charge is -2.42.